The first-order chi connectivity index (χ1) is 16.2. The molecule has 2 aliphatic rings. The molecule has 0 spiro atoms. The molecule has 5 nitrogen and oxygen atoms in total. The third-order valence-electron chi connectivity index (χ3n) is 7.18. The van der Waals surface area contributed by atoms with Crippen LogP contribution >= 0.6 is 0 Å². The molecule has 1 saturated heterocycles. The lowest BCUT2D eigenvalue weighted by Gasteiger charge is -2.42. The van der Waals surface area contributed by atoms with Crippen LogP contribution in [0.5, 0.6) is 0 Å². The van der Waals surface area contributed by atoms with E-state index in [4.69, 9.17) is 4.74 Å². The highest BCUT2D eigenvalue weighted by Gasteiger charge is 2.41. The lowest BCUT2D eigenvalue weighted by Crippen LogP contribution is -2.50. The second kappa shape index (κ2) is 11.4. The van der Waals surface area contributed by atoms with E-state index in [1.807, 2.05) is 53.4 Å². The Morgan fingerprint density at radius 3 is 2.21 bits per heavy atom. The molecule has 0 aromatic heterocycles. The molecule has 0 atom stereocenters. The van der Waals surface area contributed by atoms with E-state index in [2.05, 4.69) is 17.4 Å². The quantitative estimate of drug-likeness (QED) is 0.574. The van der Waals surface area contributed by atoms with Gasteiger partial charge in [0.05, 0.1) is 0 Å². The highest BCUT2D eigenvalue weighted by atomic mass is 16.6. The smallest absolute Gasteiger partial charge is 0.408 e. The molecule has 1 saturated carbocycles. The Balaban J connectivity index is 1.33. The number of nitrogens with one attached hydrogen (secondary N) is 1. The molecule has 1 heterocycles. The van der Waals surface area contributed by atoms with Gasteiger partial charge in [0.25, 0.3) is 0 Å². The second-order valence-corrected chi connectivity index (χ2v) is 9.43. The Bertz CT molecular complexity index is 886. The molecule has 2 aromatic rings. The summed E-state index contributed by atoms with van der Waals surface area (Å²) in [6.45, 7) is 1.84. The van der Waals surface area contributed by atoms with Gasteiger partial charge in [-0.3, -0.25) is 4.79 Å². The van der Waals surface area contributed by atoms with Crippen LogP contribution in [-0.4, -0.2) is 36.5 Å². The first-order valence-corrected chi connectivity index (χ1v) is 12.5. The number of carbonyl (C=O) groups is 2. The minimum atomic E-state index is -0.686. The minimum Gasteiger partial charge on any atom is -0.438 e. The van der Waals surface area contributed by atoms with Crippen molar-refractivity contribution in [3.05, 3.63) is 71.8 Å². The molecule has 1 N–H and O–H groups in total. The predicted octanol–water partition coefficient (Wildman–Crippen LogP) is 5.44. The molecule has 0 unspecified atom stereocenters. The lowest BCUT2D eigenvalue weighted by molar-refractivity contribution is -0.141. The summed E-state index contributed by atoms with van der Waals surface area (Å²) < 4.78 is 6.10. The van der Waals surface area contributed by atoms with Crippen LogP contribution in [0.2, 0.25) is 0 Å². The van der Waals surface area contributed by atoms with Crippen molar-refractivity contribution in [2.24, 2.45) is 5.92 Å². The molecule has 2 amide bonds. The molecule has 5 heteroatoms. The molecule has 0 bridgehead atoms. The fourth-order valence-electron chi connectivity index (χ4n) is 5.23. The Morgan fingerprint density at radius 1 is 0.909 bits per heavy atom. The largest absolute Gasteiger partial charge is 0.438 e. The SMILES string of the molecule is O=C(NCCCc1ccccc1)OC1(c2ccccc2)CCN(C(=O)C2CCCCC2)CC1. The normalized spacial score (nSPS) is 18.5. The van der Waals surface area contributed by atoms with Gasteiger partial charge in [0.1, 0.15) is 5.60 Å². The van der Waals surface area contributed by atoms with E-state index in [0.717, 1.165) is 44.1 Å². The first kappa shape index (κ1) is 23.3. The van der Waals surface area contributed by atoms with Gasteiger partial charge in [0.15, 0.2) is 0 Å². The summed E-state index contributed by atoms with van der Waals surface area (Å²) >= 11 is 0. The maximum absolute atomic E-state index is 13.0. The number of aryl methyl sites for hydroxylation is 1. The number of hydrogen-bond donors (Lipinski definition) is 1. The number of benzene rings is 2. The van der Waals surface area contributed by atoms with Crippen LogP contribution in [0.3, 0.4) is 0 Å². The number of rotatable bonds is 7. The van der Waals surface area contributed by atoms with Gasteiger partial charge in [-0.1, -0.05) is 79.9 Å². The summed E-state index contributed by atoms with van der Waals surface area (Å²) in [5, 5.41) is 2.94. The molecule has 176 valence electrons. The predicted molar refractivity (Wildman–Crippen MR) is 130 cm³/mol. The molecule has 33 heavy (non-hydrogen) atoms. The number of ether oxygens (including phenoxy) is 1. The van der Waals surface area contributed by atoms with Crippen molar-refractivity contribution in [2.75, 3.05) is 19.6 Å². The van der Waals surface area contributed by atoms with Crippen molar-refractivity contribution in [1.29, 1.82) is 0 Å². The van der Waals surface area contributed by atoms with E-state index in [9.17, 15) is 9.59 Å². The molecular formula is C28H36N2O3. The van der Waals surface area contributed by atoms with Crippen LogP contribution in [0, 0.1) is 5.92 Å². The Hall–Kier alpha value is -2.82. The Kier molecular flexibility index (Phi) is 8.03. The number of nitrogens with zero attached hydrogens (tertiary/aromatic N) is 1. The summed E-state index contributed by atoms with van der Waals surface area (Å²) in [5.74, 6) is 0.471. The van der Waals surface area contributed by atoms with Gasteiger partial charge < -0.3 is 15.0 Å². The summed E-state index contributed by atoms with van der Waals surface area (Å²) in [7, 11) is 0. The fourth-order valence-corrected chi connectivity index (χ4v) is 5.23. The molecule has 0 radical (unpaired) electrons. The van der Waals surface area contributed by atoms with Crippen molar-refractivity contribution >= 4 is 12.0 Å². The lowest BCUT2D eigenvalue weighted by atomic mass is 9.82. The minimum absolute atomic E-state index is 0.178. The number of piperidine rings is 1. The Labute approximate surface area is 197 Å². The van der Waals surface area contributed by atoms with Crippen molar-refractivity contribution in [3.63, 3.8) is 0 Å². The third kappa shape index (κ3) is 6.16. The number of alkyl carbamates (subject to hydrolysis) is 1. The highest BCUT2D eigenvalue weighted by Crippen LogP contribution is 2.38. The zero-order valence-electron chi connectivity index (χ0n) is 19.5. The van der Waals surface area contributed by atoms with Crippen LogP contribution < -0.4 is 5.32 Å². The topological polar surface area (TPSA) is 58.6 Å². The standard InChI is InChI=1S/C28H36N2O3/c31-26(24-14-6-2-7-15-24)30-21-18-28(19-22-30,25-16-8-3-9-17-25)33-27(32)29-20-10-13-23-11-4-1-5-12-23/h1,3-5,8-9,11-12,16-17,24H,2,6-7,10,13-15,18-22H2,(H,29,32). The number of amides is 2. The van der Waals surface area contributed by atoms with E-state index >= 15 is 0 Å². The summed E-state index contributed by atoms with van der Waals surface area (Å²) in [6, 6.07) is 20.3. The molecule has 4 rings (SSSR count). The second-order valence-electron chi connectivity index (χ2n) is 9.43. The summed E-state index contributed by atoms with van der Waals surface area (Å²) in [4.78, 5) is 27.8. The fraction of sp³-hybridized carbons (Fsp3) is 0.500. The van der Waals surface area contributed by atoms with Gasteiger partial charge in [-0.15, -0.1) is 0 Å². The number of likely N-dealkylation sites (tertiary alicyclic amines) is 1. The van der Waals surface area contributed by atoms with Crippen LogP contribution in [-0.2, 0) is 21.6 Å². The maximum atomic E-state index is 13.0. The van der Waals surface area contributed by atoms with E-state index in [1.165, 1.54) is 12.0 Å². The van der Waals surface area contributed by atoms with Gasteiger partial charge in [-0.05, 0) is 36.8 Å². The van der Waals surface area contributed by atoms with Gasteiger partial charge in [-0.2, -0.15) is 0 Å². The molecular weight excluding hydrogens is 412 g/mol. The monoisotopic (exact) mass is 448 g/mol. The molecule has 2 aromatic carbocycles. The molecule has 2 fully saturated rings. The van der Waals surface area contributed by atoms with E-state index in [0.29, 0.717) is 38.4 Å². The molecule has 1 aliphatic carbocycles. The first-order valence-electron chi connectivity index (χ1n) is 12.5. The summed E-state index contributed by atoms with van der Waals surface area (Å²) in [5.41, 5.74) is 1.59. The highest BCUT2D eigenvalue weighted by molar-refractivity contribution is 5.79. The average Bonchev–Trinajstić information content (AvgIpc) is 2.88. The maximum Gasteiger partial charge on any atom is 0.408 e. The van der Waals surface area contributed by atoms with Crippen molar-refractivity contribution in [2.45, 2.75) is 63.4 Å². The van der Waals surface area contributed by atoms with E-state index < -0.39 is 5.60 Å². The van der Waals surface area contributed by atoms with Gasteiger partial charge in [0.2, 0.25) is 5.91 Å². The van der Waals surface area contributed by atoms with Gasteiger partial charge in [0, 0.05) is 38.4 Å². The third-order valence-corrected chi connectivity index (χ3v) is 7.18. The van der Waals surface area contributed by atoms with Crippen molar-refractivity contribution in [1.82, 2.24) is 10.2 Å². The van der Waals surface area contributed by atoms with Crippen LogP contribution in [0.1, 0.15) is 62.5 Å². The van der Waals surface area contributed by atoms with Crippen LogP contribution in [0.15, 0.2) is 60.7 Å². The zero-order valence-corrected chi connectivity index (χ0v) is 19.5. The summed E-state index contributed by atoms with van der Waals surface area (Å²) in [6.07, 6.45) is 8.26. The van der Waals surface area contributed by atoms with E-state index in [1.54, 1.807) is 0 Å². The van der Waals surface area contributed by atoms with Crippen LogP contribution in [0.25, 0.3) is 0 Å². The number of carbonyl (C=O) groups excluding carboxylic acids is 2. The van der Waals surface area contributed by atoms with Crippen LogP contribution in [0.4, 0.5) is 4.79 Å². The van der Waals surface area contributed by atoms with Gasteiger partial charge in [-0.25, -0.2) is 4.79 Å². The Morgan fingerprint density at radius 2 is 1.55 bits per heavy atom. The zero-order chi connectivity index (χ0) is 22.9. The average molecular weight is 449 g/mol. The van der Waals surface area contributed by atoms with E-state index in [-0.39, 0.29) is 12.0 Å². The number of hydrogen-bond acceptors (Lipinski definition) is 3. The van der Waals surface area contributed by atoms with Crippen molar-refractivity contribution < 1.29 is 14.3 Å². The van der Waals surface area contributed by atoms with Gasteiger partial charge >= 0.3 is 6.09 Å². The molecule has 1 aliphatic heterocycles. The van der Waals surface area contributed by atoms with Crippen molar-refractivity contribution in [3.8, 4) is 0 Å².